The lowest BCUT2D eigenvalue weighted by Crippen LogP contribution is -2.42. The maximum Gasteiger partial charge on any atom is 0.262 e. The minimum absolute atomic E-state index is 0.0979. The number of carbonyl (C=O) groups is 1. The second-order valence-corrected chi connectivity index (χ2v) is 7.63. The average molecular weight is 421 g/mol. The van der Waals surface area contributed by atoms with Gasteiger partial charge in [0.2, 0.25) is 5.91 Å². The Labute approximate surface area is 178 Å². The van der Waals surface area contributed by atoms with Crippen molar-refractivity contribution >= 4 is 27.7 Å². The number of para-hydroxylation sites is 1. The monoisotopic (exact) mass is 421 g/mol. The number of aryl methyl sites for hydroxylation is 2. The first-order valence-corrected chi connectivity index (χ1v) is 10.2. The van der Waals surface area contributed by atoms with Crippen molar-refractivity contribution in [3.8, 4) is 0 Å². The molecule has 0 saturated carbocycles. The number of aromatic nitrogens is 3. The number of fused-ring (bicyclic) bond motifs is 3. The van der Waals surface area contributed by atoms with Gasteiger partial charge in [-0.1, -0.05) is 30.3 Å². The number of H-pyrrole nitrogens is 1. The highest BCUT2D eigenvalue weighted by molar-refractivity contribution is 6.03. The van der Waals surface area contributed by atoms with Gasteiger partial charge in [-0.2, -0.15) is 5.10 Å². The SMILES string of the molecule is Cc1[nH]nc2c1c(=O)n(CCCNC(=O)[C@@H](N)Cc1ccc(F)cc1)c1ccccc21. The fraction of sp³-hybridized carbons (Fsp3) is 0.261. The fourth-order valence-corrected chi connectivity index (χ4v) is 3.81. The van der Waals surface area contributed by atoms with Crippen molar-refractivity contribution in [1.29, 1.82) is 0 Å². The molecule has 0 saturated heterocycles. The predicted octanol–water partition coefficient (Wildman–Crippen LogP) is 2.40. The molecule has 0 aliphatic rings. The first-order valence-electron chi connectivity index (χ1n) is 10.2. The van der Waals surface area contributed by atoms with Gasteiger partial charge in [0.05, 0.1) is 16.9 Å². The van der Waals surface area contributed by atoms with Gasteiger partial charge < -0.3 is 15.6 Å². The molecule has 31 heavy (non-hydrogen) atoms. The summed E-state index contributed by atoms with van der Waals surface area (Å²) in [5.41, 5.74) is 8.90. The number of benzene rings is 2. The lowest BCUT2D eigenvalue weighted by Gasteiger charge is -2.14. The van der Waals surface area contributed by atoms with Gasteiger partial charge in [0.25, 0.3) is 5.56 Å². The topological polar surface area (TPSA) is 106 Å². The van der Waals surface area contributed by atoms with Crippen LogP contribution in [0.5, 0.6) is 0 Å². The zero-order chi connectivity index (χ0) is 22.0. The van der Waals surface area contributed by atoms with E-state index in [1.165, 1.54) is 12.1 Å². The highest BCUT2D eigenvalue weighted by atomic mass is 19.1. The Morgan fingerprint density at radius 2 is 1.97 bits per heavy atom. The van der Waals surface area contributed by atoms with Crippen LogP contribution in [0.1, 0.15) is 17.7 Å². The Balaban J connectivity index is 1.42. The Hall–Kier alpha value is -3.52. The van der Waals surface area contributed by atoms with E-state index in [1.54, 1.807) is 16.7 Å². The number of rotatable bonds is 7. The Morgan fingerprint density at radius 3 is 2.74 bits per heavy atom. The van der Waals surface area contributed by atoms with Gasteiger partial charge in [-0.15, -0.1) is 0 Å². The van der Waals surface area contributed by atoms with E-state index in [9.17, 15) is 14.0 Å². The van der Waals surface area contributed by atoms with Crippen LogP contribution >= 0.6 is 0 Å². The molecule has 0 aliphatic carbocycles. The molecule has 4 aromatic rings. The van der Waals surface area contributed by atoms with Crippen LogP contribution in [0.3, 0.4) is 0 Å². The van der Waals surface area contributed by atoms with Crippen LogP contribution in [-0.4, -0.2) is 33.3 Å². The molecule has 0 unspecified atom stereocenters. The Morgan fingerprint density at radius 1 is 1.23 bits per heavy atom. The molecule has 2 heterocycles. The molecular weight excluding hydrogens is 397 g/mol. The van der Waals surface area contributed by atoms with E-state index in [1.807, 2.05) is 31.2 Å². The summed E-state index contributed by atoms with van der Waals surface area (Å²) in [6, 6.07) is 12.9. The van der Waals surface area contributed by atoms with Crippen LogP contribution in [0, 0.1) is 12.7 Å². The number of hydrogen-bond donors (Lipinski definition) is 3. The molecule has 0 spiro atoms. The molecule has 0 radical (unpaired) electrons. The largest absolute Gasteiger partial charge is 0.355 e. The smallest absolute Gasteiger partial charge is 0.262 e. The number of hydrogen-bond acceptors (Lipinski definition) is 4. The van der Waals surface area contributed by atoms with Crippen LogP contribution in [0.15, 0.2) is 53.3 Å². The molecule has 4 N–H and O–H groups in total. The van der Waals surface area contributed by atoms with Crippen LogP contribution in [0.25, 0.3) is 21.8 Å². The molecule has 0 bridgehead atoms. The van der Waals surface area contributed by atoms with Crippen molar-refractivity contribution in [2.45, 2.75) is 32.4 Å². The van der Waals surface area contributed by atoms with Gasteiger partial charge in [0.1, 0.15) is 11.3 Å². The summed E-state index contributed by atoms with van der Waals surface area (Å²) >= 11 is 0. The fourth-order valence-electron chi connectivity index (χ4n) is 3.81. The van der Waals surface area contributed by atoms with E-state index in [2.05, 4.69) is 15.5 Å². The van der Waals surface area contributed by atoms with E-state index in [-0.39, 0.29) is 17.3 Å². The maximum atomic E-state index is 13.1. The van der Waals surface area contributed by atoms with Gasteiger partial charge >= 0.3 is 0 Å². The van der Waals surface area contributed by atoms with Crippen LogP contribution in [-0.2, 0) is 17.8 Å². The highest BCUT2D eigenvalue weighted by Crippen LogP contribution is 2.22. The minimum Gasteiger partial charge on any atom is -0.355 e. The van der Waals surface area contributed by atoms with Crippen LogP contribution in [0.2, 0.25) is 0 Å². The third-order valence-electron chi connectivity index (χ3n) is 5.42. The maximum absolute atomic E-state index is 13.1. The van der Waals surface area contributed by atoms with Crippen LogP contribution in [0.4, 0.5) is 4.39 Å². The number of nitrogens with one attached hydrogen (secondary N) is 2. The molecular formula is C23H24FN5O2. The summed E-state index contributed by atoms with van der Waals surface area (Å²) in [6.07, 6.45) is 0.897. The van der Waals surface area contributed by atoms with Crippen molar-refractivity contribution < 1.29 is 9.18 Å². The number of pyridine rings is 1. The van der Waals surface area contributed by atoms with Gasteiger partial charge in [-0.05, 0) is 43.5 Å². The van der Waals surface area contributed by atoms with Crippen LogP contribution < -0.4 is 16.6 Å². The molecule has 0 fully saturated rings. The standard InChI is InChI=1S/C23H24FN5O2/c1-14-20-21(28-27-14)17-5-2-3-6-19(17)29(23(20)31)12-4-11-26-22(30)18(25)13-15-7-9-16(24)10-8-15/h2-3,5-10,18H,4,11-13,25H2,1H3,(H,26,30)(H,27,28)/t18-/m0/s1. The van der Waals surface area contributed by atoms with Crippen molar-refractivity contribution in [2.24, 2.45) is 5.73 Å². The van der Waals surface area contributed by atoms with E-state index < -0.39 is 6.04 Å². The average Bonchev–Trinajstić information content (AvgIpc) is 3.16. The number of halogens is 1. The van der Waals surface area contributed by atoms with Crippen molar-refractivity contribution in [2.75, 3.05) is 6.54 Å². The lowest BCUT2D eigenvalue weighted by molar-refractivity contribution is -0.122. The molecule has 2 aromatic carbocycles. The third kappa shape index (κ3) is 4.20. The summed E-state index contributed by atoms with van der Waals surface area (Å²) in [7, 11) is 0. The van der Waals surface area contributed by atoms with Gasteiger partial charge in [0.15, 0.2) is 0 Å². The summed E-state index contributed by atoms with van der Waals surface area (Å²) in [5, 5.41) is 11.5. The second-order valence-electron chi connectivity index (χ2n) is 7.63. The van der Waals surface area contributed by atoms with Gasteiger partial charge in [-0.3, -0.25) is 14.7 Å². The number of nitrogens with zero attached hydrogens (tertiary/aromatic N) is 2. The highest BCUT2D eigenvalue weighted by Gasteiger charge is 2.16. The molecule has 4 rings (SSSR count). The molecule has 7 nitrogen and oxygen atoms in total. The second kappa shape index (κ2) is 8.69. The number of nitrogens with two attached hydrogens (primary N) is 1. The van der Waals surface area contributed by atoms with Crippen molar-refractivity contribution in [3.05, 3.63) is 76.0 Å². The number of carbonyl (C=O) groups excluding carboxylic acids is 1. The van der Waals surface area contributed by atoms with E-state index in [4.69, 9.17) is 5.73 Å². The lowest BCUT2D eigenvalue weighted by atomic mass is 10.1. The predicted molar refractivity (Wildman–Crippen MR) is 118 cm³/mol. The van der Waals surface area contributed by atoms with Gasteiger partial charge in [-0.25, -0.2) is 4.39 Å². The van der Waals surface area contributed by atoms with E-state index in [0.717, 1.165) is 22.2 Å². The first-order chi connectivity index (χ1) is 15.0. The van der Waals surface area contributed by atoms with Crippen molar-refractivity contribution in [1.82, 2.24) is 20.1 Å². The number of aromatic amines is 1. The molecule has 1 amide bonds. The van der Waals surface area contributed by atoms with Gasteiger partial charge in [0, 0.05) is 24.2 Å². The van der Waals surface area contributed by atoms with E-state index >= 15 is 0 Å². The molecule has 0 aliphatic heterocycles. The quantitative estimate of drug-likeness (QED) is 0.399. The molecule has 160 valence electrons. The van der Waals surface area contributed by atoms with E-state index in [0.29, 0.717) is 36.8 Å². The molecule has 1 atom stereocenters. The normalized spacial score (nSPS) is 12.4. The summed E-state index contributed by atoms with van der Waals surface area (Å²) in [5.74, 6) is -0.601. The number of amides is 1. The molecule has 8 heteroatoms. The Kier molecular flexibility index (Phi) is 5.81. The van der Waals surface area contributed by atoms with Crippen molar-refractivity contribution in [3.63, 3.8) is 0 Å². The summed E-state index contributed by atoms with van der Waals surface area (Å²) < 4.78 is 14.7. The zero-order valence-corrected chi connectivity index (χ0v) is 17.2. The zero-order valence-electron chi connectivity index (χ0n) is 17.2. The summed E-state index contributed by atoms with van der Waals surface area (Å²) in [4.78, 5) is 25.4. The minimum atomic E-state index is -0.723. The first kappa shape index (κ1) is 20.7. The third-order valence-corrected chi connectivity index (χ3v) is 5.42. The molecule has 2 aromatic heterocycles. The Bertz CT molecular complexity index is 1290. The summed E-state index contributed by atoms with van der Waals surface area (Å²) in [6.45, 7) is 2.67.